The van der Waals surface area contributed by atoms with Gasteiger partial charge in [-0.3, -0.25) is 14.9 Å². The minimum Gasteiger partial charge on any atom is -0.396 e. The van der Waals surface area contributed by atoms with Crippen LogP contribution >= 0.6 is 15.9 Å². The van der Waals surface area contributed by atoms with Gasteiger partial charge in [0.05, 0.1) is 11.1 Å². The van der Waals surface area contributed by atoms with Gasteiger partial charge in [-0.15, -0.1) is 0 Å². The number of H-pyrrole nitrogens is 1. The molecule has 1 aliphatic heterocycles. The van der Waals surface area contributed by atoms with Gasteiger partial charge >= 0.3 is 0 Å². The van der Waals surface area contributed by atoms with E-state index < -0.39 is 11.8 Å². The standard InChI is InChI=1S/C23H18BrN3O3/c24-16-6-3-8-18-19(16)15(12-27(18)9-4-10-28)21-20(22(29)26-23(21)30)14-11-25-17-7-2-1-5-13(14)17/h1-3,5-8,11-12,25,28H,4,9-10H2,(H,26,29,30). The largest absolute Gasteiger partial charge is 0.396 e. The maximum Gasteiger partial charge on any atom is 0.259 e. The van der Waals surface area contributed by atoms with E-state index in [1.54, 1.807) is 6.20 Å². The number of hydrogen-bond acceptors (Lipinski definition) is 3. The molecule has 0 bridgehead atoms. The molecule has 0 aliphatic carbocycles. The van der Waals surface area contributed by atoms with Crippen molar-refractivity contribution in [2.24, 2.45) is 0 Å². The van der Waals surface area contributed by atoms with Gasteiger partial charge in [-0.25, -0.2) is 0 Å². The molecule has 0 fully saturated rings. The third kappa shape index (κ3) is 2.81. The molecule has 7 heteroatoms. The van der Waals surface area contributed by atoms with Crippen molar-refractivity contribution in [3.63, 3.8) is 0 Å². The third-order valence-electron chi connectivity index (χ3n) is 5.47. The summed E-state index contributed by atoms with van der Waals surface area (Å²) in [6.45, 7) is 0.681. The van der Waals surface area contributed by atoms with Crippen LogP contribution in [0.5, 0.6) is 0 Å². The van der Waals surface area contributed by atoms with Crippen molar-refractivity contribution < 1.29 is 14.7 Å². The maximum absolute atomic E-state index is 12.9. The number of aromatic nitrogens is 2. The predicted molar refractivity (Wildman–Crippen MR) is 120 cm³/mol. The Kier molecular flexibility index (Phi) is 4.56. The molecule has 30 heavy (non-hydrogen) atoms. The van der Waals surface area contributed by atoms with Gasteiger partial charge in [0, 0.05) is 63.0 Å². The molecule has 3 N–H and O–H groups in total. The van der Waals surface area contributed by atoms with Crippen LogP contribution in [0.3, 0.4) is 0 Å². The zero-order chi connectivity index (χ0) is 20.8. The monoisotopic (exact) mass is 463 g/mol. The summed E-state index contributed by atoms with van der Waals surface area (Å²) >= 11 is 3.61. The van der Waals surface area contributed by atoms with Crippen molar-refractivity contribution in [1.29, 1.82) is 0 Å². The summed E-state index contributed by atoms with van der Waals surface area (Å²) in [7, 11) is 0. The summed E-state index contributed by atoms with van der Waals surface area (Å²) in [5.74, 6) is -0.805. The van der Waals surface area contributed by atoms with Crippen LogP contribution in [0.4, 0.5) is 0 Å². The number of aryl methyl sites for hydroxylation is 1. The maximum atomic E-state index is 12.9. The topological polar surface area (TPSA) is 87.1 Å². The molecule has 0 atom stereocenters. The van der Waals surface area contributed by atoms with Crippen molar-refractivity contribution >= 4 is 60.7 Å². The molecule has 2 amide bonds. The van der Waals surface area contributed by atoms with Gasteiger partial charge in [0.25, 0.3) is 11.8 Å². The zero-order valence-electron chi connectivity index (χ0n) is 15.9. The lowest BCUT2D eigenvalue weighted by molar-refractivity contribution is -0.122. The lowest BCUT2D eigenvalue weighted by atomic mass is 9.95. The van der Waals surface area contributed by atoms with E-state index in [0.717, 1.165) is 26.3 Å². The first kappa shape index (κ1) is 18.8. The van der Waals surface area contributed by atoms with E-state index in [9.17, 15) is 14.7 Å². The summed E-state index contributed by atoms with van der Waals surface area (Å²) in [6.07, 6.45) is 4.26. The average Bonchev–Trinajstić information content (AvgIpc) is 3.40. The molecule has 5 rings (SSSR count). The summed E-state index contributed by atoms with van der Waals surface area (Å²) in [4.78, 5) is 29.0. The molecule has 2 aromatic carbocycles. The first-order valence-corrected chi connectivity index (χ1v) is 10.4. The van der Waals surface area contributed by atoms with Crippen LogP contribution in [-0.4, -0.2) is 33.1 Å². The molecule has 2 aromatic heterocycles. The summed E-state index contributed by atoms with van der Waals surface area (Å²) in [5.41, 5.74) is 3.97. The lowest BCUT2D eigenvalue weighted by Crippen LogP contribution is -2.22. The highest BCUT2D eigenvalue weighted by Crippen LogP contribution is 2.40. The van der Waals surface area contributed by atoms with Crippen molar-refractivity contribution in [3.8, 4) is 0 Å². The van der Waals surface area contributed by atoms with Crippen LogP contribution < -0.4 is 5.32 Å². The molecule has 4 aromatic rings. The minimum absolute atomic E-state index is 0.0747. The summed E-state index contributed by atoms with van der Waals surface area (Å²) in [5, 5.41) is 13.5. The Bertz CT molecular complexity index is 1360. The van der Waals surface area contributed by atoms with Crippen molar-refractivity contribution in [3.05, 3.63) is 70.5 Å². The predicted octanol–water partition coefficient (Wildman–Crippen LogP) is 3.83. The van der Waals surface area contributed by atoms with Gasteiger partial charge in [0.1, 0.15) is 0 Å². The van der Waals surface area contributed by atoms with Gasteiger partial charge in [-0.2, -0.15) is 0 Å². The molecule has 0 spiro atoms. The Labute approximate surface area is 180 Å². The number of nitrogens with zero attached hydrogens (tertiary/aromatic N) is 1. The van der Waals surface area contributed by atoms with E-state index in [1.165, 1.54) is 0 Å². The van der Waals surface area contributed by atoms with Crippen molar-refractivity contribution in [2.75, 3.05) is 6.61 Å². The fourth-order valence-corrected chi connectivity index (χ4v) is 4.74. The van der Waals surface area contributed by atoms with E-state index in [2.05, 4.69) is 26.2 Å². The molecule has 0 unspecified atom stereocenters. The normalized spacial score (nSPS) is 14.3. The number of carbonyl (C=O) groups excluding carboxylic acids is 2. The zero-order valence-corrected chi connectivity index (χ0v) is 17.5. The first-order valence-electron chi connectivity index (χ1n) is 9.65. The highest BCUT2D eigenvalue weighted by atomic mass is 79.9. The molecule has 0 saturated carbocycles. The van der Waals surface area contributed by atoms with Gasteiger partial charge in [0.2, 0.25) is 0 Å². The highest BCUT2D eigenvalue weighted by Gasteiger charge is 2.35. The van der Waals surface area contributed by atoms with E-state index in [1.807, 2.05) is 53.2 Å². The van der Waals surface area contributed by atoms with Crippen LogP contribution in [0.2, 0.25) is 0 Å². The molecule has 150 valence electrons. The van der Waals surface area contributed by atoms with Crippen LogP contribution in [0.15, 0.2) is 59.3 Å². The Morgan fingerprint density at radius 2 is 1.73 bits per heavy atom. The van der Waals surface area contributed by atoms with E-state index in [0.29, 0.717) is 35.2 Å². The summed E-state index contributed by atoms with van der Waals surface area (Å²) < 4.78 is 2.86. The number of imide groups is 1. The Morgan fingerprint density at radius 1 is 0.967 bits per heavy atom. The number of amides is 2. The van der Waals surface area contributed by atoms with Crippen LogP contribution in [0, 0.1) is 0 Å². The van der Waals surface area contributed by atoms with Crippen molar-refractivity contribution in [1.82, 2.24) is 14.9 Å². The van der Waals surface area contributed by atoms with Gasteiger partial charge in [0.15, 0.2) is 0 Å². The van der Waals surface area contributed by atoms with E-state index in [4.69, 9.17) is 0 Å². The SMILES string of the molecule is O=C1NC(=O)C(c2cn(CCCO)c3cccc(Br)c23)=C1c1c[nH]c2ccccc12. The quantitative estimate of drug-likeness (QED) is 0.393. The van der Waals surface area contributed by atoms with Crippen molar-refractivity contribution in [2.45, 2.75) is 13.0 Å². The lowest BCUT2D eigenvalue weighted by Gasteiger charge is -2.04. The number of fused-ring (bicyclic) bond motifs is 2. The molecular weight excluding hydrogens is 446 g/mol. The molecule has 0 saturated heterocycles. The number of rotatable bonds is 5. The number of aliphatic hydroxyl groups excluding tert-OH is 1. The number of hydrogen-bond donors (Lipinski definition) is 3. The van der Waals surface area contributed by atoms with Crippen LogP contribution in [0.25, 0.3) is 33.0 Å². The second-order valence-electron chi connectivity index (χ2n) is 7.23. The number of benzene rings is 2. The van der Waals surface area contributed by atoms with Gasteiger partial charge in [-0.05, 0) is 24.6 Å². The number of halogens is 1. The van der Waals surface area contributed by atoms with Gasteiger partial charge in [-0.1, -0.05) is 40.2 Å². The summed E-state index contributed by atoms with van der Waals surface area (Å²) in [6, 6.07) is 13.5. The number of aliphatic hydroxyl groups is 1. The number of carbonyl (C=O) groups is 2. The molecule has 6 nitrogen and oxygen atoms in total. The third-order valence-corrected chi connectivity index (χ3v) is 6.13. The van der Waals surface area contributed by atoms with Crippen LogP contribution in [-0.2, 0) is 16.1 Å². The van der Waals surface area contributed by atoms with E-state index in [-0.39, 0.29) is 6.61 Å². The number of para-hydroxylation sites is 1. The second kappa shape index (κ2) is 7.27. The molecule has 3 heterocycles. The highest BCUT2D eigenvalue weighted by molar-refractivity contribution is 9.10. The minimum atomic E-state index is -0.405. The molecule has 1 aliphatic rings. The second-order valence-corrected chi connectivity index (χ2v) is 8.08. The van der Waals surface area contributed by atoms with E-state index >= 15 is 0 Å². The smallest absolute Gasteiger partial charge is 0.259 e. The Morgan fingerprint density at radius 3 is 2.53 bits per heavy atom. The Balaban J connectivity index is 1.82. The molecule has 0 radical (unpaired) electrons. The number of aromatic amines is 1. The fraction of sp³-hybridized carbons (Fsp3) is 0.130. The first-order chi connectivity index (χ1) is 14.6. The fourth-order valence-electron chi connectivity index (χ4n) is 4.17. The van der Waals surface area contributed by atoms with Crippen LogP contribution in [0.1, 0.15) is 17.5 Å². The Hall–Kier alpha value is -3.16. The number of nitrogens with one attached hydrogen (secondary N) is 2. The van der Waals surface area contributed by atoms with Gasteiger partial charge < -0.3 is 14.7 Å². The average molecular weight is 464 g/mol. The molecular formula is C23H18BrN3O3.